The van der Waals surface area contributed by atoms with Gasteiger partial charge in [0.1, 0.15) is 6.54 Å². The first-order chi connectivity index (χ1) is 17.6. The number of nitrogens with zero attached hydrogens (tertiary/aromatic N) is 4. The van der Waals surface area contributed by atoms with Crippen molar-refractivity contribution in [3.8, 4) is 0 Å². The van der Waals surface area contributed by atoms with Gasteiger partial charge < -0.3 is 10.6 Å². The normalized spacial score (nSPS) is 11.5. The summed E-state index contributed by atoms with van der Waals surface area (Å²) in [5, 5.41) is 10.3. The lowest BCUT2D eigenvalue weighted by atomic mass is 10.1. The smallest absolute Gasteiger partial charge is 0.352 e. The summed E-state index contributed by atoms with van der Waals surface area (Å²) < 4.78 is 3.75. The van der Waals surface area contributed by atoms with Crippen LogP contribution in [-0.4, -0.2) is 37.1 Å². The summed E-state index contributed by atoms with van der Waals surface area (Å²) in [7, 11) is 0. The molecule has 4 aromatic rings. The predicted octanol–water partition coefficient (Wildman–Crippen LogP) is 2.98. The van der Waals surface area contributed by atoms with Crippen LogP contribution in [0.5, 0.6) is 0 Å². The Labute approximate surface area is 213 Å². The van der Waals surface area contributed by atoms with Crippen molar-refractivity contribution in [2.75, 3.05) is 11.9 Å². The molecule has 0 saturated carbocycles. The lowest BCUT2D eigenvalue weighted by molar-refractivity contribution is -0.117. The Kier molecular flexibility index (Phi) is 7.28. The van der Waals surface area contributed by atoms with Crippen LogP contribution in [0, 0.1) is 5.92 Å². The van der Waals surface area contributed by atoms with Crippen LogP contribution in [0.25, 0.3) is 16.7 Å². The molecule has 0 spiro atoms. The molecule has 194 valence electrons. The summed E-state index contributed by atoms with van der Waals surface area (Å²) in [5.74, 6) is -0.343. The van der Waals surface area contributed by atoms with Crippen molar-refractivity contribution in [2.45, 2.75) is 53.6 Å². The lowest BCUT2D eigenvalue weighted by Crippen LogP contribution is -2.30. The molecule has 0 atom stereocenters. The van der Waals surface area contributed by atoms with E-state index in [1.54, 1.807) is 18.2 Å². The van der Waals surface area contributed by atoms with Gasteiger partial charge in [0, 0.05) is 23.8 Å². The van der Waals surface area contributed by atoms with Crippen LogP contribution >= 0.6 is 0 Å². The number of fused-ring (bicyclic) bond motifs is 3. The summed E-state index contributed by atoms with van der Waals surface area (Å²) in [6, 6.07) is 11.8. The highest BCUT2D eigenvalue weighted by Crippen LogP contribution is 2.17. The zero-order valence-corrected chi connectivity index (χ0v) is 21.7. The van der Waals surface area contributed by atoms with Crippen molar-refractivity contribution < 1.29 is 9.59 Å². The van der Waals surface area contributed by atoms with Crippen molar-refractivity contribution in [3.05, 3.63) is 74.4 Å². The van der Waals surface area contributed by atoms with Gasteiger partial charge in [-0.25, -0.2) is 13.9 Å². The minimum absolute atomic E-state index is 0.109. The summed E-state index contributed by atoms with van der Waals surface area (Å²) in [4.78, 5) is 52.3. The molecule has 2 N–H and O–H groups in total. The van der Waals surface area contributed by atoms with E-state index >= 15 is 0 Å². The van der Waals surface area contributed by atoms with Crippen LogP contribution in [0.1, 0.15) is 56.6 Å². The minimum Gasteiger partial charge on any atom is -0.352 e. The monoisotopic (exact) mass is 504 g/mol. The first-order valence-electron chi connectivity index (χ1n) is 12.5. The fourth-order valence-corrected chi connectivity index (χ4v) is 4.20. The van der Waals surface area contributed by atoms with Crippen molar-refractivity contribution in [3.63, 3.8) is 0 Å². The van der Waals surface area contributed by atoms with E-state index in [0.717, 1.165) is 16.7 Å². The fraction of sp³-hybridized carbons (Fsp3) is 0.370. The maximum Gasteiger partial charge on any atom is 0.352 e. The zero-order chi connectivity index (χ0) is 26.9. The first-order valence-corrected chi connectivity index (χ1v) is 12.5. The molecule has 0 radical (unpaired) electrons. The first kappa shape index (κ1) is 25.9. The summed E-state index contributed by atoms with van der Waals surface area (Å²) in [6.07, 6.45) is 0.826. The largest absolute Gasteiger partial charge is 0.352 e. The number of aryl methyl sites for hydroxylation is 1. The van der Waals surface area contributed by atoms with Gasteiger partial charge in [0.05, 0.1) is 10.9 Å². The third kappa shape index (κ3) is 5.18. The maximum absolute atomic E-state index is 13.5. The van der Waals surface area contributed by atoms with Gasteiger partial charge >= 0.3 is 5.69 Å². The molecule has 0 fully saturated rings. The second-order valence-corrected chi connectivity index (χ2v) is 9.78. The summed E-state index contributed by atoms with van der Waals surface area (Å²) in [6.45, 7) is 9.80. The highest BCUT2D eigenvalue weighted by molar-refractivity contribution is 5.98. The molecule has 0 saturated heterocycles. The van der Waals surface area contributed by atoms with Gasteiger partial charge in [-0.05, 0) is 62.1 Å². The van der Waals surface area contributed by atoms with Gasteiger partial charge in [0.15, 0.2) is 0 Å². The van der Waals surface area contributed by atoms with E-state index in [1.807, 2.05) is 52.8 Å². The lowest BCUT2D eigenvalue weighted by Gasteiger charge is -2.13. The van der Waals surface area contributed by atoms with Crippen LogP contribution in [0.2, 0.25) is 0 Å². The number of carbonyl (C=O) groups is 2. The van der Waals surface area contributed by atoms with Gasteiger partial charge in [-0.1, -0.05) is 32.9 Å². The van der Waals surface area contributed by atoms with Crippen molar-refractivity contribution in [2.24, 2.45) is 5.92 Å². The number of benzene rings is 2. The van der Waals surface area contributed by atoms with Crippen molar-refractivity contribution in [1.82, 2.24) is 24.1 Å². The Bertz CT molecular complexity index is 1610. The average molecular weight is 505 g/mol. The number of nitrogens with one attached hydrogen (secondary N) is 2. The molecule has 0 aliphatic heterocycles. The van der Waals surface area contributed by atoms with Gasteiger partial charge in [-0.3, -0.25) is 19.0 Å². The standard InChI is InChI=1S/C27H32N6O4/c1-6-18-8-7-9-20(12-18)29-23(34)15-31-27(37)33-22-13-19(24(35)28-14-16(2)3)10-11-21(22)25(36)32(17(4)5)26(33)30-31/h7-13,16-17H,6,14-15H2,1-5H3,(H,28,35)(H,29,34). The van der Waals surface area contributed by atoms with Crippen LogP contribution in [0.15, 0.2) is 52.1 Å². The Morgan fingerprint density at radius 1 is 1.03 bits per heavy atom. The second-order valence-electron chi connectivity index (χ2n) is 9.78. The molecule has 2 amide bonds. The van der Waals surface area contributed by atoms with Gasteiger partial charge in [0.2, 0.25) is 11.7 Å². The SMILES string of the molecule is CCc1cccc(NC(=O)Cn2nc3n(C(C)C)c(=O)c4ccc(C(=O)NCC(C)C)cc4n3c2=O)c1. The van der Waals surface area contributed by atoms with E-state index in [4.69, 9.17) is 0 Å². The van der Waals surface area contributed by atoms with E-state index in [2.05, 4.69) is 15.7 Å². The number of amides is 2. The molecule has 0 aliphatic rings. The molecule has 0 aliphatic carbocycles. The number of anilines is 1. The molecule has 2 aromatic heterocycles. The Morgan fingerprint density at radius 2 is 1.78 bits per heavy atom. The Hall–Kier alpha value is -4.21. The second kappa shape index (κ2) is 10.4. The highest BCUT2D eigenvalue weighted by atomic mass is 16.2. The van der Waals surface area contributed by atoms with Crippen LogP contribution < -0.4 is 21.9 Å². The quantitative estimate of drug-likeness (QED) is 0.382. The van der Waals surface area contributed by atoms with E-state index in [0.29, 0.717) is 17.8 Å². The number of rotatable bonds is 8. The topological polar surface area (TPSA) is 120 Å². The Morgan fingerprint density at radius 3 is 2.46 bits per heavy atom. The van der Waals surface area contributed by atoms with Gasteiger partial charge in [0.25, 0.3) is 11.5 Å². The highest BCUT2D eigenvalue weighted by Gasteiger charge is 2.21. The number of hydrogen-bond acceptors (Lipinski definition) is 5. The minimum atomic E-state index is -0.577. The molecular weight excluding hydrogens is 472 g/mol. The molecule has 0 unspecified atom stereocenters. The average Bonchev–Trinajstić information content (AvgIpc) is 3.17. The predicted molar refractivity (Wildman–Crippen MR) is 143 cm³/mol. The van der Waals surface area contributed by atoms with E-state index in [9.17, 15) is 19.2 Å². The van der Waals surface area contributed by atoms with E-state index in [-0.39, 0.29) is 46.7 Å². The van der Waals surface area contributed by atoms with E-state index < -0.39 is 11.6 Å². The fourth-order valence-electron chi connectivity index (χ4n) is 4.20. The number of carbonyl (C=O) groups excluding carboxylic acids is 2. The van der Waals surface area contributed by atoms with E-state index in [1.165, 1.54) is 15.0 Å². The molecule has 2 aromatic carbocycles. The molecular formula is C27H32N6O4. The van der Waals surface area contributed by atoms with Crippen LogP contribution in [0.4, 0.5) is 5.69 Å². The maximum atomic E-state index is 13.5. The van der Waals surface area contributed by atoms with Crippen LogP contribution in [0.3, 0.4) is 0 Å². The molecule has 10 heteroatoms. The van der Waals surface area contributed by atoms with Crippen molar-refractivity contribution >= 4 is 34.2 Å². The van der Waals surface area contributed by atoms with Crippen LogP contribution in [-0.2, 0) is 17.8 Å². The summed E-state index contributed by atoms with van der Waals surface area (Å²) in [5.41, 5.74) is 1.38. The number of aromatic nitrogens is 4. The molecule has 2 heterocycles. The number of hydrogen-bond donors (Lipinski definition) is 2. The Balaban J connectivity index is 1.80. The molecule has 37 heavy (non-hydrogen) atoms. The third-order valence-electron chi connectivity index (χ3n) is 6.09. The van der Waals surface area contributed by atoms with Crippen molar-refractivity contribution in [1.29, 1.82) is 0 Å². The van der Waals surface area contributed by atoms with Gasteiger partial charge in [-0.15, -0.1) is 5.10 Å². The molecule has 4 rings (SSSR count). The summed E-state index contributed by atoms with van der Waals surface area (Å²) >= 11 is 0. The zero-order valence-electron chi connectivity index (χ0n) is 21.7. The van der Waals surface area contributed by atoms with Gasteiger partial charge in [-0.2, -0.15) is 0 Å². The third-order valence-corrected chi connectivity index (χ3v) is 6.09. The molecule has 0 bridgehead atoms. The molecule has 10 nitrogen and oxygen atoms in total.